The van der Waals surface area contributed by atoms with Gasteiger partial charge < -0.3 is 15.3 Å². The van der Waals surface area contributed by atoms with Gasteiger partial charge in [-0.25, -0.2) is 0 Å². The van der Waals surface area contributed by atoms with E-state index in [1.54, 1.807) is 19.1 Å². The first kappa shape index (κ1) is 28.1. The van der Waals surface area contributed by atoms with E-state index in [9.17, 15) is 15.3 Å². The third-order valence-electron chi connectivity index (χ3n) is 6.69. The van der Waals surface area contributed by atoms with Crippen LogP contribution in [-0.4, -0.2) is 15.3 Å². The number of aromatic hydroxyl groups is 1. The van der Waals surface area contributed by atoms with Crippen LogP contribution in [0, 0.1) is 0 Å². The van der Waals surface area contributed by atoms with Crippen molar-refractivity contribution in [1.82, 2.24) is 0 Å². The van der Waals surface area contributed by atoms with Crippen molar-refractivity contribution in [3.8, 4) is 16.9 Å². The zero-order valence-electron chi connectivity index (χ0n) is 22.6. The molecule has 0 bridgehead atoms. The molecular weight excluding hydrogens is 468 g/mol. The molecule has 194 valence electrons. The van der Waals surface area contributed by atoms with Crippen molar-refractivity contribution in [1.29, 1.82) is 0 Å². The Hall–Kier alpha value is -4.50. The molecule has 3 N–H and O–H groups in total. The Morgan fingerprint density at radius 1 is 0.763 bits per heavy atom. The van der Waals surface area contributed by atoms with E-state index in [1.165, 1.54) is 0 Å². The maximum atomic E-state index is 11.0. The molecule has 0 fully saturated rings. The van der Waals surface area contributed by atoms with Crippen molar-refractivity contribution in [2.24, 2.45) is 0 Å². The minimum Gasteiger partial charge on any atom is -0.512 e. The Morgan fingerprint density at radius 2 is 1.34 bits per heavy atom. The summed E-state index contributed by atoms with van der Waals surface area (Å²) in [5.41, 5.74) is 7.74. The van der Waals surface area contributed by atoms with Gasteiger partial charge in [-0.3, -0.25) is 0 Å². The molecule has 1 unspecified atom stereocenters. The third kappa shape index (κ3) is 6.83. The van der Waals surface area contributed by atoms with Gasteiger partial charge in [-0.1, -0.05) is 92.0 Å². The van der Waals surface area contributed by atoms with Gasteiger partial charge in [0.1, 0.15) is 11.5 Å². The number of benzene rings is 3. The highest BCUT2D eigenvalue weighted by atomic mass is 16.3. The second-order valence-corrected chi connectivity index (χ2v) is 9.38. The van der Waals surface area contributed by atoms with Crippen LogP contribution >= 0.6 is 0 Å². The topological polar surface area (TPSA) is 60.7 Å². The normalized spacial score (nSPS) is 14.1. The summed E-state index contributed by atoms with van der Waals surface area (Å²) in [7, 11) is 0. The standard InChI is InChI=1S/C35H36O3/c1-7-23(2)24(3)21-33(26(5)36)35(31-15-13-30(14-16-31)29-11-9-8-10-12-29)34(27(6)37)22-25(4)28-17-19-32(38)20-18-28/h7-22,35-38H,3,5H2,1-2,4,6H3/b23-7+,25-22+,33-21+,34-27+. The first-order valence-electron chi connectivity index (χ1n) is 12.6. The van der Waals surface area contributed by atoms with Gasteiger partial charge >= 0.3 is 0 Å². The average Bonchev–Trinajstić information content (AvgIpc) is 2.92. The molecule has 0 heterocycles. The van der Waals surface area contributed by atoms with Gasteiger partial charge in [0, 0.05) is 17.1 Å². The highest BCUT2D eigenvalue weighted by Crippen LogP contribution is 2.40. The summed E-state index contributed by atoms with van der Waals surface area (Å²) in [4.78, 5) is 0. The van der Waals surface area contributed by atoms with Crippen LogP contribution in [0.2, 0.25) is 0 Å². The van der Waals surface area contributed by atoms with Crippen LogP contribution in [-0.2, 0) is 0 Å². The Bertz CT molecular complexity index is 1410. The molecule has 3 heteroatoms. The molecule has 0 aliphatic rings. The first-order valence-corrected chi connectivity index (χ1v) is 12.6. The summed E-state index contributed by atoms with van der Waals surface area (Å²) in [5.74, 6) is -0.301. The van der Waals surface area contributed by atoms with Crippen LogP contribution in [0.5, 0.6) is 5.75 Å². The number of hydrogen-bond acceptors (Lipinski definition) is 3. The molecule has 3 rings (SSSR count). The third-order valence-corrected chi connectivity index (χ3v) is 6.69. The Kier molecular flexibility index (Phi) is 9.34. The number of phenolic OH excluding ortho intramolecular Hbond substituents is 1. The minimum absolute atomic E-state index is 0.0957. The predicted molar refractivity (Wildman–Crippen MR) is 160 cm³/mol. The molecule has 0 amide bonds. The molecule has 0 aromatic heterocycles. The zero-order chi connectivity index (χ0) is 27.8. The summed E-state index contributed by atoms with van der Waals surface area (Å²) in [5, 5.41) is 31.5. The molecule has 3 aromatic rings. The quantitative estimate of drug-likeness (QED) is 0.201. The lowest BCUT2D eigenvalue weighted by Crippen LogP contribution is -2.10. The summed E-state index contributed by atoms with van der Waals surface area (Å²) < 4.78 is 0. The maximum absolute atomic E-state index is 11.0. The van der Waals surface area contributed by atoms with E-state index in [-0.39, 0.29) is 17.3 Å². The van der Waals surface area contributed by atoms with Gasteiger partial charge in [0.2, 0.25) is 0 Å². The van der Waals surface area contributed by atoms with Crippen LogP contribution in [0.4, 0.5) is 0 Å². The fourth-order valence-corrected chi connectivity index (χ4v) is 4.28. The van der Waals surface area contributed by atoms with Crippen molar-refractivity contribution < 1.29 is 15.3 Å². The molecule has 0 aliphatic carbocycles. The van der Waals surface area contributed by atoms with Crippen molar-refractivity contribution in [2.75, 3.05) is 0 Å². The Labute approximate surface area is 226 Å². The van der Waals surface area contributed by atoms with Gasteiger partial charge in [-0.05, 0) is 84.9 Å². The number of rotatable bonds is 9. The van der Waals surface area contributed by atoms with E-state index in [0.717, 1.165) is 39.0 Å². The average molecular weight is 505 g/mol. The van der Waals surface area contributed by atoms with E-state index in [0.29, 0.717) is 11.1 Å². The van der Waals surface area contributed by atoms with Crippen LogP contribution in [0.15, 0.2) is 144 Å². The number of hydrogen-bond donors (Lipinski definition) is 3. The summed E-state index contributed by atoms with van der Waals surface area (Å²) >= 11 is 0. The first-order chi connectivity index (χ1) is 18.1. The van der Waals surface area contributed by atoms with E-state index in [1.807, 2.05) is 93.6 Å². The molecule has 0 spiro atoms. The number of phenols is 1. The van der Waals surface area contributed by atoms with Crippen LogP contribution in [0.1, 0.15) is 44.7 Å². The van der Waals surface area contributed by atoms with Gasteiger partial charge in [0.05, 0.1) is 5.76 Å². The number of aliphatic hydroxyl groups is 2. The van der Waals surface area contributed by atoms with Crippen LogP contribution < -0.4 is 0 Å². The van der Waals surface area contributed by atoms with Crippen LogP contribution in [0.3, 0.4) is 0 Å². The number of allylic oxidation sites excluding steroid dienone is 9. The second-order valence-electron chi connectivity index (χ2n) is 9.38. The Morgan fingerprint density at radius 3 is 1.87 bits per heavy atom. The van der Waals surface area contributed by atoms with Crippen molar-refractivity contribution in [3.63, 3.8) is 0 Å². The van der Waals surface area contributed by atoms with Crippen molar-refractivity contribution in [2.45, 2.75) is 33.6 Å². The Balaban J connectivity index is 2.22. The smallest absolute Gasteiger partial charge is 0.115 e. The molecule has 0 radical (unpaired) electrons. The number of aliphatic hydroxyl groups excluding tert-OH is 2. The van der Waals surface area contributed by atoms with Crippen LogP contribution in [0.25, 0.3) is 16.7 Å². The lowest BCUT2D eigenvalue weighted by atomic mass is 9.80. The molecule has 1 atom stereocenters. The van der Waals surface area contributed by atoms with Gasteiger partial charge in [0.25, 0.3) is 0 Å². The van der Waals surface area contributed by atoms with Gasteiger partial charge in [-0.2, -0.15) is 0 Å². The summed E-state index contributed by atoms with van der Waals surface area (Å²) in [6.07, 6.45) is 5.71. The monoisotopic (exact) mass is 504 g/mol. The molecular formula is C35H36O3. The fourth-order valence-electron chi connectivity index (χ4n) is 4.28. The van der Waals surface area contributed by atoms with Gasteiger partial charge in [-0.15, -0.1) is 0 Å². The second kappa shape index (κ2) is 12.6. The molecule has 38 heavy (non-hydrogen) atoms. The summed E-state index contributed by atoms with van der Waals surface area (Å²) in [6, 6.07) is 25.2. The molecule has 3 nitrogen and oxygen atoms in total. The minimum atomic E-state index is -0.518. The SMILES string of the molecule is C=C(O)/C(=C\C(=C)/C(C)=C/C)C(C(/C=C(\C)c1ccc(O)cc1)=C(\C)O)c1ccc(-c2ccccc2)cc1. The molecule has 3 aromatic carbocycles. The van der Waals surface area contributed by atoms with Crippen molar-refractivity contribution in [3.05, 3.63) is 155 Å². The highest BCUT2D eigenvalue weighted by Gasteiger charge is 2.25. The molecule has 0 aliphatic heterocycles. The fraction of sp³-hybridized carbons (Fsp3) is 0.143. The lowest BCUT2D eigenvalue weighted by molar-refractivity contribution is 0.400. The van der Waals surface area contributed by atoms with Crippen molar-refractivity contribution >= 4 is 5.57 Å². The van der Waals surface area contributed by atoms with E-state index in [2.05, 4.69) is 25.3 Å². The molecule has 0 saturated heterocycles. The van der Waals surface area contributed by atoms with E-state index >= 15 is 0 Å². The highest BCUT2D eigenvalue weighted by molar-refractivity contribution is 5.70. The maximum Gasteiger partial charge on any atom is 0.115 e. The van der Waals surface area contributed by atoms with E-state index < -0.39 is 5.92 Å². The zero-order valence-corrected chi connectivity index (χ0v) is 22.6. The lowest BCUT2D eigenvalue weighted by Gasteiger charge is -2.24. The van der Waals surface area contributed by atoms with E-state index in [4.69, 9.17) is 0 Å². The van der Waals surface area contributed by atoms with Gasteiger partial charge in [0.15, 0.2) is 0 Å². The predicted octanol–water partition coefficient (Wildman–Crippen LogP) is 9.60. The molecule has 0 saturated carbocycles. The largest absolute Gasteiger partial charge is 0.512 e. The summed E-state index contributed by atoms with van der Waals surface area (Å²) in [6.45, 7) is 15.5.